The molecule has 1 aromatic heterocycles. The second kappa shape index (κ2) is 14.4. The van der Waals surface area contributed by atoms with Gasteiger partial charge in [0, 0.05) is 32.5 Å². The van der Waals surface area contributed by atoms with Gasteiger partial charge in [0.2, 0.25) is 0 Å². The van der Waals surface area contributed by atoms with E-state index < -0.39 is 0 Å². The number of hydrogen-bond acceptors (Lipinski definition) is 3. The van der Waals surface area contributed by atoms with Gasteiger partial charge in [-0.25, -0.2) is 4.68 Å². The number of unbranched alkanes of at least 4 members (excludes halogenated alkanes) is 1. The second-order valence-electron chi connectivity index (χ2n) is 6.53. The number of hydrogen-bond donors (Lipinski definition) is 2. The molecule has 0 bridgehead atoms. The molecule has 0 aliphatic heterocycles. The first-order valence-corrected chi connectivity index (χ1v) is 10.0. The highest BCUT2D eigenvalue weighted by Crippen LogP contribution is 2.08. The topological polar surface area (TPSA) is 57.5 Å². The zero-order valence-electron chi connectivity index (χ0n) is 17.4. The number of benzene rings is 1. The van der Waals surface area contributed by atoms with Crippen molar-refractivity contribution < 1.29 is 0 Å². The van der Waals surface area contributed by atoms with Crippen molar-refractivity contribution >= 4 is 29.9 Å². The second-order valence-corrected chi connectivity index (χ2v) is 6.53. The van der Waals surface area contributed by atoms with Crippen molar-refractivity contribution in [1.82, 2.24) is 25.3 Å². The molecule has 2 rings (SSSR count). The largest absolute Gasteiger partial charge is 0.356 e. The Balaban J connectivity index is 0.00000392. The van der Waals surface area contributed by atoms with Crippen molar-refractivity contribution in [2.75, 3.05) is 39.8 Å². The fourth-order valence-electron chi connectivity index (χ4n) is 2.99. The van der Waals surface area contributed by atoms with E-state index in [9.17, 15) is 0 Å². The predicted octanol–water partition coefficient (Wildman–Crippen LogP) is 3.32. The Bertz CT molecular complexity index is 650. The Morgan fingerprint density at radius 1 is 1.07 bits per heavy atom. The van der Waals surface area contributed by atoms with Gasteiger partial charge < -0.3 is 15.5 Å². The molecule has 0 unspecified atom stereocenters. The SMILES string of the molecule is CCN(CC)CCCCNC(=NC)NCCc1ccc(-n2cccn2)cc1.I. The lowest BCUT2D eigenvalue weighted by atomic mass is 10.1. The van der Waals surface area contributed by atoms with E-state index in [1.807, 2.05) is 24.0 Å². The van der Waals surface area contributed by atoms with E-state index in [-0.39, 0.29) is 24.0 Å². The van der Waals surface area contributed by atoms with Gasteiger partial charge in [-0.1, -0.05) is 26.0 Å². The van der Waals surface area contributed by atoms with E-state index in [1.165, 1.54) is 18.5 Å². The molecule has 0 spiro atoms. The van der Waals surface area contributed by atoms with Crippen molar-refractivity contribution in [2.24, 2.45) is 4.99 Å². The summed E-state index contributed by atoms with van der Waals surface area (Å²) < 4.78 is 1.87. The molecule has 1 heterocycles. The minimum Gasteiger partial charge on any atom is -0.356 e. The Morgan fingerprint density at radius 2 is 1.79 bits per heavy atom. The standard InChI is InChI=1S/C21H34N6.HI/c1-4-26(5-2)17-7-6-14-23-21(22-3)24-16-13-19-9-11-20(12-10-19)27-18-8-15-25-27;/h8-12,15,18H,4-7,13-14,16-17H2,1-3H3,(H2,22,23,24);1H. The van der Waals surface area contributed by atoms with Crippen LogP contribution in [-0.4, -0.2) is 60.4 Å². The van der Waals surface area contributed by atoms with Crippen molar-refractivity contribution in [1.29, 1.82) is 0 Å². The maximum absolute atomic E-state index is 4.30. The van der Waals surface area contributed by atoms with E-state index in [4.69, 9.17) is 0 Å². The van der Waals surface area contributed by atoms with Gasteiger partial charge in [-0.05, 0) is 62.7 Å². The molecule has 0 fully saturated rings. The van der Waals surface area contributed by atoms with Crippen LogP contribution in [0.2, 0.25) is 0 Å². The molecule has 0 aliphatic carbocycles. The number of nitrogens with zero attached hydrogens (tertiary/aromatic N) is 4. The van der Waals surface area contributed by atoms with Gasteiger partial charge in [0.1, 0.15) is 0 Å². The van der Waals surface area contributed by atoms with Crippen LogP contribution in [0.4, 0.5) is 0 Å². The third-order valence-electron chi connectivity index (χ3n) is 4.72. The summed E-state index contributed by atoms with van der Waals surface area (Å²) in [7, 11) is 1.82. The number of halogens is 1. The lowest BCUT2D eigenvalue weighted by Gasteiger charge is -2.18. The van der Waals surface area contributed by atoms with E-state index >= 15 is 0 Å². The lowest BCUT2D eigenvalue weighted by Crippen LogP contribution is -2.39. The van der Waals surface area contributed by atoms with E-state index in [2.05, 4.69) is 63.7 Å². The average molecular weight is 498 g/mol. The van der Waals surface area contributed by atoms with E-state index in [0.29, 0.717) is 0 Å². The summed E-state index contributed by atoms with van der Waals surface area (Å²) in [6.07, 6.45) is 7.08. The molecule has 0 radical (unpaired) electrons. The van der Waals surface area contributed by atoms with Gasteiger partial charge in [0.05, 0.1) is 5.69 Å². The van der Waals surface area contributed by atoms with Gasteiger partial charge in [0.15, 0.2) is 5.96 Å². The summed E-state index contributed by atoms with van der Waals surface area (Å²) in [4.78, 5) is 6.77. The highest BCUT2D eigenvalue weighted by atomic mass is 127. The zero-order valence-corrected chi connectivity index (χ0v) is 19.7. The van der Waals surface area contributed by atoms with E-state index in [1.54, 1.807) is 6.20 Å². The highest BCUT2D eigenvalue weighted by molar-refractivity contribution is 14.0. The number of nitrogens with one attached hydrogen (secondary N) is 2. The summed E-state index contributed by atoms with van der Waals surface area (Å²) in [5.41, 5.74) is 2.38. The molecule has 156 valence electrons. The number of aromatic nitrogens is 2. The number of aliphatic imine (C=N–C) groups is 1. The molecule has 7 heteroatoms. The number of guanidine groups is 1. The van der Waals surface area contributed by atoms with Gasteiger partial charge in [-0.2, -0.15) is 5.10 Å². The van der Waals surface area contributed by atoms with Crippen LogP contribution in [0.5, 0.6) is 0 Å². The predicted molar refractivity (Wildman–Crippen MR) is 129 cm³/mol. The van der Waals surface area contributed by atoms with Crippen LogP contribution in [0, 0.1) is 0 Å². The molecular weight excluding hydrogens is 463 g/mol. The van der Waals surface area contributed by atoms with Crippen molar-refractivity contribution in [3.8, 4) is 5.69 Å². The van der Waals surface area contributed by atoms with Crippen molar-refractivity contribution in [3.05, 3.63) is 48.3 Å². The molecular formula is C21H35IN6. The maximum Gasteiger partial charge on any atom is 0.190 e. The first kappa shape index (κ1) is 24.4. The summed E-state index contributed by atoms with van der Waals surface area (Å²) in [6.45, 7) is 9.71. The molecule has 0 saturated heterocycles. The number of rotatable bonds is 11. The Hall–Kier alpha value is -1.61. The average Bonchev–Trinajstić information content (AvgIpc) is 3.24. The fourth-order valence-corrected chi connectivity index (χ4v) is 2.99. The Kier molecular flexibility index (Phi) is 12.6. The minimum absolute atomic E-state index is 0. The quantitative estimate of drug-likeness (QED) is 0.216. The van der Waals surface area contributed by atoms with Crippen LogP contribution in [0.1, 0.15) is 32.3 Å². The zero-order chi connectivity index (χ0) is 19.3. The van der Waals surface area contributed by atoms with Crippen LogP contribution < -0.4 is 10.6 Å². The summed E-state index contributed by atoms with van der Waals surface area (Å²) in [5, 5.41) is 11.0. The van der Waals surface area contributed by atoms with Crippen molar-refractivity contribution in [2.45, 2.75) is 33.1 Å². The van der Waals surface area contributed by atoms with Gasteiger partial charge in [0.25, 0.3) is 0 Å². The van der Waals surface area contributed by atoms with Crippen LogP contribution in [0.25, 0.3) is 5.69 Å². The normalized spacial score (nSPS) is 11.4. The van der Waals surface area contributed by atoms with Crippen LogP contribution >= 0.6 is 24.0 Å². The molecule has 0 atom stereocenters. The van der Waals surface area contributed by atoms with Gasteiger partial charge >= 0.3 is 0 Å². The molecule has 28 heavy (non-hydrogen) atoms. The molecule has 1 aromatic carbocycles. The fraction of sp³-hybridized carbons (Fsp3) is 0.524. The molecule has 2 N–H and O–H groups in total. The summed E-state index contributed by atoms with van der Waals surface area (Å²) >= 11 is 0. The van der Waals surface area contributed by atoms with Gasteiger partial charge in [-0.3, -0.25) is 4.99 Å². The highest BCUT2D eigenvalue weighted by Gasteiger charge is 2.01. The molecule has 2 aromatic rings. The Morgan fingerprint density at radius 3 is 2.39 bits per heavy atom. The molecule has 6 nitrogen and oxygen atoms in total. The maximum atomic E-state index is 4.30. The van der Waals surface area contributed by atoms with Crippen LogP contribution in [0.15, 0.2) is 47.7 Å². The summed E-state index contributed by atoms with van der Waals surface area (Å²) in [5.74, 6) is 0.881. The molecule has 0 amide bonds. The third kappa shape index (κ3) is 8.60. The monoisotopic (exact) mass is 498 g/mol. The minimum atomic E-state index is 0. The van der Waals surface area contributed by atoms with Crippen LogP contribution in [0.3, 0.4) is 0 Å². The van der Waals surface area contributed by atoms with E-state index in [0.717, 1.165) is 50.7 Å². The van der Waals surface area contributed by atoms with Crippen LogP contribution in [-0.2, 0) is 6.42 Å². The first-order chi connectivity index (χ1) is 13.3. The van der Waals surface area contributed by atoms with Gasteiger partial charge in [-0.15, -0.1) is 24.0 Å². The lowest BCUT2D eigenvalue weighted by molar-refractivity contribution is 0.297. The first-order valence-electron chi connectivity index (χ1n) is 10.0. The molecule has 0 aliphatic rings. The van der Waals surface area contributed by atoms with Crippen molar-refractivity contribution in [3.63, 3.8) is 0 Å². The Labute approximate surface area is 186 Å². The molecule has 0 saturated carbocycles. The summed E-state index contributed by atoms with van der Waals surface area (Å²) in [6, 6.07) is 10.4. The third-order valence-corrected chi connectivity index (χ3v) is 4.72. The smallest absolute Gasteiger partial charge is 0.190 e.